The normalized spacial score (nSPS) is 11.8. The summed E-state index contributed by atoms with van der Waals surface area (Å²) in [6.45, 7) is 5.69. The molecule has 1 amide bonds. The Bertz CT molecular complexity index is 768. The predicted molar refractivity (Wildman–Crippen MR) is 129 cm³/mol. The average Bonchev–Trinajstić information content (AvgIpc) is 2.71. The number of hydrogen-bond acceptors (Lipinski definition) is 3. The second-order valence-electron chi connectivity index (χ2n) is 6.59. The molecule has 0 spiro atoms. The highest BCUT2D eigenvalue weighted by Crippen LogP contribution is 2.17. The lowest BCUT2D eigenvalue weighted by molar-refractivity contribution is -0.121. The number of rotatable bonds is 9. The van der Waals surface area contributed by atoms with Crippen LogP contribution in [0.1, 0.15) is 24.5 Å². The number of hydrogen-bond donors (Lipinski definition) is 3. The average molecular weight is 510 g/mol. The minimum absolute atomic E-state index is 0. The van der Waals surface area contributed by atoms with Crippen molar-refractivity contribution in [2.45, 2.75) is 32.9 Å². The third kappa shape index (κ3) is 9.65. The van der Waals surface area contributed by atoms with E-state index in [2.05, 4.69) is 20.9 Å². The van der Waals surface area contributed by atoms with Gasteiger partial charge in [0, 0.05) is 26.6 Å². The van der Waals surface area contributed by atoms with E-state index in [9.17, 15) is 4.79 Å². The highest BCUT2D eigenvalue weighted by molar-refractivity contribution is 14.0. The smallest absolute Gasteiger partial charge is 0.222 e. The molecule has 0 saturated heterocycles. The molecule has 2 aromatic rings. The van der Waals surface area contributed by atoms with Crippen LogP contribution in [0.2, 0.25) is 0 Å². The number of halogens is 1. The molecular weight excluding hydrogens is 479 g/mol. The molecule has 3 N–H and O–H groups in total. The first-order chi connectivity index (χ1) is 13.6. The minimum Gasteiger partial charge on any atom is -0.489 e. The van der Waals surface area contributed by atoms with Crippen LogP contribution in [0, 0.1) is 6.92 Å². The summed E-state index contributed by atoms with van der Waals surface area (Å²) < 4.78 is 5.95. The standard InChI is InChI=1S/C22H30N4O2.HI/c1-17-9-7-8-12-20(17)28-18(2)15-26-22(23-3)24-14-13-21(27)25-16-19-10-5-4-6-11-19;/h4-12,18H,13-16H2,1-3H3,(H,25,27)(H2,23,24,26);1H. The van der Waals surface area contributed by atoms with E-state index in [4.69, 9.17) is 4.74 Å². The lowest BCUT2D eigenvalue weighted by atomic mass is 10.2. The molecule has 0 aliphatic rings. The Hall–Kier alpha value is -2.29. The van der Waals surface area contributed by atoms with E-state index in [0.29, 0.717) is 32.0 Å². The molecule has 0 saturated carbocycles. The van der Waals surface area contributed by atoms with E-state index in [-0.39, 0.29) is 36.0 Å². The maximum absolute atomic E-state index is 12.0. The van der Waals surface area contributed by atoms with Crippen LogP contribution in [0.3, 0.4) is 0 Å². The molecule has 1 unspecified atom stereocenters. The zero-order valence-corrected chi connectivity index (χ0v) is 19.6. The lowest BCUT2D eigenvalue weighted by Crippen LogP contribution is -2.42. The van der Waals surface area contributed by atoms with Gasteiger partial charge in [-0.2, -0.15) is 0 Å². The van der Waals surface area contributed by atoms with E-state index >= 15 is 0 Å². The van der Waals surface area contributed by atoms with Gasteiger partial charge in [-0.15, -0.1) is 24.0 Å². The van der Waals surface area contributed by atoms with Crippen molar-refractivity contribution >= 4 is 35.8 Å². The summed E-state index contributed by atoms with van der Waals surface area (Å²) in [5, 5.41) is 9.29. The maximum atomic E-state index is 12.0. The number of benzene rings is 2. The van der Waals surface area contributed by atoms with Crippen LogP contribution in [0.4, 0.5) is 0 Å². The van der Waals surface area contributed by atoms with Gasteiger partial charge in [-0.25, -0.2) is 0 Å². The fourth-order valence-electron chi connectivity index (χ4n) is 2.59. The van der Waals surface area contributed by atoms with Crippen molar-refractivity contribution in [1.82, 2.24) is 16.0 Å². The zero-order valence-electron chi connectivity index (χ0n) is 17.3. The molecule has 6 nitrogen and oxygen atoms in total. The van der Waals surface area contributed by atoms with Crippen LogP contribution in [-0.2, 0) is 11.3 Å². The topological polar surface area (TPSA) is 74.8 Å². The van der Waals surface area contributed by atoms with E-state index in [1.54, 1.807) is 7.05 Å². The Morgan fingerprint density at radius 2 is 1.72 bits per heavy atom. The van der Waals surface area contributed by atoms with Crippen molar-refractivity contribution in [1.29, 1.82) is 0 Å². The fraction of sp³-hybridized carbons (Fsp3) is 0.364. The molecule has 0 aliphatic heterocycles. The highest BCUT2D eigenvalue weighted by Gasteiger charge is 2.08. The molecule has 0 fully saturated rings. The number of carbonyl (C=O) groups excluding carboxylic acids is 1. The molecule has 2 rings (SSSR count). The second kappa shape index (κ2) is 13.8. The van der Waals surface area contributed by atoms with Gasteiger partial charge in [0.2, 0.25) is 5.91 Å². The fourth-order valence-corrected chi connectivity index (χ4v) is 2.59. The Kier molecular flexibility index (Phi) is 11.8. The van der Waals surface area contributed by atoms with Crippen molar-refractivity contribution in [3.63, 3.8) is 0 Å². The summed E-state index contributed by atoms with van der Waals surface area (Å²) in [5.41, 5.74) is 2.20. The van der Waals surface area contributed by atoms with Crippen molar-refractivity contribution in [3.05, 3.63) is 65.7 Å². The Morgan fingerprint density at radius 1 is 1.03 bits per heavy atom. The van der Waals surface area contributed by atoms with E-state index in [0.717, 1.165) is 16.9 Å². The molecule has 0 heterocycles. The van der Waals surface area contributed by atoms with Gasteiger partial charge in [-0.1, -0.05) is 48.5 Å². The first-order valence-corrected chi connectivity index (χ1v) is 9.56. The number of aliphatic imine (C=N–C) groups is 1. The first kappa shape index (κ1) is 24.7. The molecule has 29 heavy (non-hydrogen) atoms. The van der Waals surface area contributed by atoms with Crippen LogP contribution in [0.5, 0.6) is 5.75 Å². The Labute approximate surface area is 190 Å². The van der Waals surface area contributed by atoms with E-state index in [1.165, 1.54) is 0 Å². The van der Waals surface area contributed by atoms with Gasteiger partial charge in [-0.05, 0) is 31.0 Å². The van der Waals surface area contributed by atoms with Crippen LogP contribution >= 0.6 is 24.0 Å². The van der Waals surface area contributed by atoms with E-state index < -0.39 is 0 Å². The number of nitrogens with zero attached hydrogens (tertiary/aromatic N) is 1. The summed E-state index contributed by atoms with van der Waals surface area (Å²) in [7, 11) is 1.71. The summed E-state index contributed by atoms with van der Waals surface area (Å²) in [6.07, 6.45) is 0.358. The Balaban J connectivity index is 0.00000420. The summed E-state index contributed by atoms with van der Waals surface area (Å²) >= 11 is 0. The predicted octanol–water partition coefficient (Wildman–Crippen LogP) is 3.25. The van der Waals surface area contributed by atoms with Crippen LogP contribution in [0.25, 0.3) is 0 Å². The number of ether oxygens (including phenoxy) is 1. The van der Waals surface area contributed by atoms with Crippen molar-refractivity contribution in [2.75, 3.05) is 20.1 Å². The van der Waals surface area contributed by atoms with Crippen molar-refractivity contribution in [3.8, 4) is 5.75 Å². The summed E-state index contributed by atoms with van der Waals surface area (Å²) in [5.74, 6) is 1.54. The number of carbonyl (C=O) groups is 1. The first-order valence-electron chi connectivity index (χ1n) is 9.56. The lowest BCUT2D eigenvalue weighted by Gasteiger charge is -2.18. The largest absolute Gasteiger partial charge is 0.489 e. The zero-order chi connectivity index (χ0) is 20.2. The summed E-state index contributed by atoms with van der Waals surface area (Å²) in [4.78, 5) is 16.1. The number of aryl methyl sites for hydroxylation is 1. The molecule has 0 radical (unpaired) electrons. The Morgan fingerprint density at radius 3 is 2.41 bits per heavy atom. The highest BCUT2D eigenvalue weighted by atomic mass is 127. The third-order valence-electron chi connectivity index (χ3n) is 4.18. The minimum atomic E-state index is -0.0196. The number of guanidine groups is 1. The molecule has 158 valence electrons. The van der Waals surface area contributed by atoms with Gasteiger partial charge in [0.1, 0.15) is 11.9 Å². The van der Waals surface area contributed by atoms with Crippen LogP contribution in [0.15, 0.2) is 59.6 Å². The molecule has 0 aromatic heterocycles. The van der Waals surface area contributed by atoms with Gasteiger partial charge < -0.3 is 20.7 Å². The molecule has 0 aliphatic carbocycles. The van der Waals surface area contributed by atoms with Gasteiger partial charge in [0.15, 0.2) is 5.96 Å². The molecule has 2 aromatic carbocycles. The van der Waals surface area contributed by atoms with Crippen LogP contribution < -0.4 is 20.7 Å². The molecular formula is C22H31IN4O2. The molecule has 1 atom stereocenters. The second-order valence-corrected chi connectivity index (χ2v) is 6.59. The SMILES string of the molecule is CN=C(NCCC(=O)NCc1ccccc1)NCC(C)Oc1ccccc1C.I. The van der Waals surface area contributed by atoms with Crippen molar-refractivity contribution < 1.29 is 9.53 Å². The van der Waals surface area contributed by atoms with Crippen LogP contribution in [-0.4, -0.2) is 38.1 Å². The maximum Gasteiger partial charge on any atom is 0.222 e. The number of nitrogens with one attached hydrogen (secondary N) is 3. The van der Waals surface area contributed by atoms with E-state index in [1.807, 2.05) is 68.4 Å². The monoisotopic (exact) mass is 510 g/mol. The molecule has 0 bridgehead atoms. The third-order valence-corrected chi connectivity index (χ3v) is 4.18. The van der Waals surface area contributed by atoms with Gasteiger partial charge in [-0.3, -0.25) is 9.79 Å². The van der Waals surface area contributed by atoms with Crippen molar-refractivity contribution in [2.24, 2.45) is 4.99 Å². The van der Waals surface area contributed by atoms with Gasteiger partial charge >= 0.3 is 0 Å². The number of amides is 1. The summed E-state index contributed by atoms with van der Waals surface area (Å²) in [6, 6.07) is 17.8. The van der Waals surface area contributed by atoms with Gasteiger partial charge in [0.05, 0.1) is 6.54 Å². The molecule has 7 heteroatoms. The number of para-hydroxylation sites is 1. The van der Waals surface area contributed by atoms with Gasteiger partial charge in [0.25, 0.3) is 0 Å². The quantitative estimate of drug-likeness (QED) is 0.275.